The molecule has 0 spiro atoms. The molecule has 15 heteroatoms. The quantitative estimate of drug-likeness (QED) is 0.292. The fraction of sp³-hybridized carbons (Fsp3) is 0.387. The summed E-state index contributed by atoms with van der Waals surface area (Å²) < 4.78 is 106. The summed E-state index contributed by atoms with van der Waals surface area (Å²) in [6.07, 6.45) is -1.55. The number of halogens is 7. The lowest BCUT2D eigenvalue weighted by Crippen LogP contribution is -2.44. The topological polar surface area (TPSA) is 84.0 Å². The normalized spacial score (nSPS) is 19.3. The number of aromatic nitrogens is 1. The molecule has 0 unspecified atom stereocenters. The van der Waals surface area contributed by atoms with Gasteiger partial charge in [-0.15, -0.1) is 0 Å². The van der Waals surface area contributed by atoms with Gasteiger partial charge in [-0.05, 0) is 62.3 Å². The van der Waals surface area contributed by atoms with E-state index in [2.05, 4.69) is 15.0 Å². The predicted octanol–water partition coefficient (Wildman–Crippen LogP) is 5.48. The second-order valence-electron chi connectivity index (χ2n) is 10.9. The Kier molecular flexibility index (Phi) is 9.99. The van der Waals surface area contributed by atoms with Crippen molar-refractivity contribution in [2.24, 2.45) is 0 Å². The number of ether oxygens (including phenoxy) is 2. The van der Waals surface area contributed by atoms with Crippen molar-refractivity contribution < 1.29 is 49.8 Å². The molecule has 3 heterocycles. The highest BCUT2D eigenvalue weighted by molar-refractivity contribution is 6.04. The SMILES string of the molecule is COc1cc(F)c([C@@H]2CN(c3nc(C4CCN(CC(F)F)CC4)ccc3F)C(=O)[C@H]2NC(=O)c2ccc(OC(F)F)cc2)c(F)c1. The van der Waals surface area contributed by atoms with E-state index in [4.69, 9.17) is 4.74 Å². The van der Waals surface area contributed by atoms with Crippen molar-refractivity contribution in [1.29, 1.82) is 0 Å². The molecule has 2 fully saturated rings. The Hall–Kier alpha value is -4.40. The van der Waals surface area contributed by atoms with E-state index in [0.717, 1.165) is 47.4 Å². The number of carbonyl (C=O) groups excluding carboxylic acids is 2. The van der Waals surface area contributed by atoms with Crippen molar-refractivity contribution in [3.8, 4) is 11.5 Å². The maximum Gasteiger partial charge on any atom is 0.387 e. The number of methoxy groups -OCH3 is 1. The average Bonchev–Trinajstić information content (AvgIpc) is 3.31. The Morgan fingerprint density at radius 3 is 2.20 bits per heavy atom. The Labute approximate surface area is 259 Å². The van der Waals surface area contributed by atoms with E-state index in [1.165, 1.54) is 13.2 Å². The second kappa shape index (κ2) is 13.9. The summed E-state index contributed by atoms with van der Waals surface area (Å²) in [5, 5.41) is 2.45. The zero-order valence-electron chi connectivity index (χ0n) is 24.4. The number of nitrogens with one attached hydrogen (secondary N) is 1. The lowest BCUT2D eigenvalue weighted by molar-refractivity contribution is -0.118. The van der Waals surface area contributed by atoms with Gasteiger partial charge in [0.2, 0.25) is 0 Å². The molecular formula is C31H29F7N4O4. The first-order chi connectivity index (χ1) is 21.9. The van der Waals surface area contributed by atoms with Crippen LogP contribution < -0.4 is 19.7 Å². The number of likely N-dealkylation sites (tertiary alicyclic amines) is 1. The van der Waals surface area contributed by atoms with Crippen molar-refractivity contribution in [2.75, 3.05) is 38.2 Å². The van der Waals surface area contributed by atoms with Crippen LogP contribution in [0.15, 0.2) is 48.5 Å². The van der Waals surface area contributed by atoms with Gasteiger partial charge in [0, 0.05) is 47.3 Å². The molecule has 1 N–H and O–H groups in total. The standard InChI is InChI=1S/C31H29F7N4O4/c1-45-19-12-22(33)26(23(34)13-19)20-14-42(30(44)27(20)40-29(43)17-2-4-18(5-3-17)46-31(37)38)28-21(32)6-7-24(39-28)16-8-10-41(11-9-16)15-25(35)36/h2-7,12-13,16,20,25,27,31H,8-11,14-15H2,1H3,(H,40,43)/t20-,27-/m0/s1. The van der Waals surface area contributed by atoms with Gasteiger partial charge < -0.3 is 14.8 Å². The van der Waals surface area contributed by atoms with Crippen LogP contribution in [-0.2, 0) is 4.79 Å². The molecule has 0 aliphatic carbocycles. The van der Waals surface area contributed by atoms with Crippen LogP contribution in [0.4, 0.5) is 36.6 Å². The first-order valence-electron chi connectivity index (χ1n) is 14.3. The van der Waals surface area contributed by atoms with Crippen LogP contribution in [-0.4, -0.2) is 74.1 Å². The van der Waals surface area contributed by atoms with Crippen LogP contribution in [0, 0.1) is 17.5 Å². The molecule has 8 nitrogen and oxygen atoms in total. The molecule has 3 aromatic rings. The molecule has 5 rings (SSSR count). The molecular weight excluding hydrogens is 625 g/mol. The van der Waals surface area contributed by atoms with Crippen LogP contribution in [0.3, 0.4) is 0 Å². The van der Waals surface area contributed by atoms with Crippen LogP contribution in [0.25, 0.3) is 0 Å². The molecule has 2 aromatic carbocycles. The summed E-state index contributed by atoms with van der Waals surface area (Å²) in [6.45, 7) is -3.19. The molecule has 246 valence electrons. The molecule has 2 aliphatic heterocycles. The summed E-state index contributed by atoms with van der Waals surface area (Å²) in [4.78, 5) is 33.9. The van der Waals surface area contributed by atoms with E-state index in [-0.39, 0.29) is 29.5 Å². The van der Waals surface area contributed by atoms with Gasteiger partial charge in [-0.2, -0.15) is 8.78 Å². The Bertz CT molecular complexity index is 1550. The summed E-state index contributed by atoms with van der Waals surface area (Å²) in [6, 6.07) is 7.29. The maximum absolute atomic E-state index is 15.3. The largest absolute Gasteiger partial charge is 0.497 e. The molecule has 2 amide bonds. The van der Waals surface area contributed by atoms with Gasteiger partial charge in [-0.3, -0.25) is 19.4 Å². The monoisotopic (exact) mass is 654 g/mol. The molecule has 2 saturated heterocycles. The van der Waals surface area contributed by atoms with E-state index in [1.54, 1.807) is 4.90 Å². The van der Waals surface area contributed by atoms with Gasteiger partial charge in [0.25, 0.3) is 18.2 Å². The summed E-state index contributed by atoms with van der Waals surface area (Å²) in [7, 11) is 1.21. The summed E-state index contributed by atoms with van der Waals surface area (Å²) in [5.74, 6) is -7.16. The number of amides is 2. The lowest BCUT2D eigenvalue weighted by Gasteiger charge is -2.31. The number of carbonyl (C=O) groups is 2. The van der Waals surface area contributed by atoms with E-state index >= 15 is 13.2 Å². The molecule has 0 radical (unpaired) electrons. The smallest absolute Gasteiger partial charge is 0.387 e. The van der Waals surface area contributed by atoms with E-state index in [9.17, 15) is 27.2 Å². The molecule has 2 aliphatic rings. The third-order valence-electron chi connectivity index (χ3n) is 8.11. The Balaban J connectivity index is 1.45. The van der Waals surface area contributed by atoms with Gasteiger partial charge in [-0.1, -0.05) is 0 Å². The summed E-state index contributed by atoms with van der Waals surface area (Å²) in [5.41, 5.74) is -0.213. The van der Waals surface area contributed by atoms with E-state index in [1.807, 2.05) is 0 Å². The van der Waals surface area contributed by atoms with Gasteiger partial charge >= 0.3 is 6.61 Å². The maximum atomic E-state index is 15.3. The van der Waals surface area contributed by atoms with Crippen LogP contribution in [0.5, 0.6) is 11.5 Å². The minimum absolute atomic E-state index is 0.0771. The number of hydrogen-bond acceptors (Lipinski definition) is 6. The second-order valence-corrected chi connectivity index (χ2v) is 10.9. The molecule has 0 bridgehead atoms. The first kappa shape index (κ1) is 33.0. The number of piperidine rings is 1. The minimum Gasteiger partial charge on any atom is -0.497 e. The average molecular weight is 655 g/mol. The molecule has 1 aromatic heterocycles. The van der Waals surface area contributed by atoms with E-state index < -0.39 is 72.2 Å². The number of hydrogen-bond donors (Lipinski definition) is 1. The zero-order chi connectivity index (χ0) is 33.1. The number of benzene rings is 2. The van der Waals surface area contributed by atoms with Gasteiger partial charge in [0.05, 0.1) is 13.7 Å². The van der Waals surface area contributed by atoms with Crippen LogP contribution >= 0.6 is 0 Å². The fourth-order valence-electron chi connectivity index (χ4n) is 5.86. The third kappa shape index (κ3) is 7.19. The summed E-state index contributed by atoms with van der Waals surface area (Å²) >= 11 is 0. The highest BCUT2D eigenvalue weighted by atomic mass is 19.3. The number of pyridine rings is 1. The number of alkyl halides is 4. The highest BCUT2D eigenvalue weighted by Crippen LogP contribution is 2.38. The van der Waals surface area contributed by atoms with Gasteiger partial charge in [0.15, 0.2) is 11.6 Å². The number of nitrogens with zero attached hydrogens (tertiary/aromatic N) is 3. The van der Waals surface area contributed by atoms with E-state index in [0.29, 0.717) is 31.6 Å². The van der Waals surface area contributed by atoms with Crippen LogP contribution in [0.2, 0.25) is 0 Å². The van der Waals surface area contributed by atoms with Crippen molar-refractivity contribution in [3.05, 3.63) is 82.8 Å². The van der Waals surface area contributed by atoms with Gasteiger partial charge in [-0.25, -0.2) is 26.9 Å². The number of rotatable bonds is 10. The Morgan fingerprint density at radius 2 is 1.61 bits per heavy atom. The third-order valence-corrected chi connectivity index (χ3v) is 8.11. The fourth-order valence-corrected chi connectivity index (χ4v) is 5.86. The lowest BCUT2D eigenvalue weighted by atomic mass is 9.92. The molecule has 0 saturated carbocycles. The Morgan fingerprint density at radius 1 is 0.957 bits per heavy atom. The number of anilines is 1. The highest BCUT2D eigenvalue weighted by Gasteiger charge is 2.46. The van der Waals surface area contributed by atoms with Crippen molar-refractivity contribution in [2.45, 2.75) is 43.8 Å². The predicted molar refractivity (Wildman–Crippen MR) is 151 cm³/mol. The minimum atomic E-state index is -3.09. The van der Waals surface area contributed by atoms with Gasteiger partial charge in [0.1, 0.15) is 29.2 Å². The van der Waals surface area contributed by atoms with Crippen LogP contribution in [0.1, 0.15) is 46.3 Å². The van der Waals surface area contributed by atoms with Crippen molar-refractivity contribution in [1.82, 2.24) is 15.2 Å². The zero-order valence-corrected chi connectivity index (χ0v) is 24.4. The first-order valence-corrected chi connectivity index (χ1v) is 14.3. The molecule has 46 heavy (non-hydrogen) atoms. The van der Waals surface area contributed by atoms with Crippen molar-refractivity contribution in [3.63, 3.8) is 0 Å². The molecule has 2 atom stereocenters. The van der Waals surface area contributed by atoms with Crippen molar-refractivity contribution >= 4 is 17.6 Å².